The lowest BCUT2D eigenvalue weighted by atomic mass is 9.84. The number of primary amides is 1. The molecule has 5 nitrogen and oxygen atoms in total. The van der Waals surface area contributed by atoms with Crippen LogP contribution in [0.1, 0.15) is 35.1 Å². The molecule has 1 saturated heterocycles. The monoisotopic (exact) mass is 529 g/mol. The van der Waals surface area contributed by atoms with Crippen molar-refractivity contribution >= 4 is 46.9 Å². The minimum absolute atomic E-state index is 0.00623. The highest BCUT2D eigenvalue weighted by molar-refractivity contribution is 7.99. The zero-order chi connectivity index (χ0) is 24.3. The van der Waals surface area contributed by atoms with Gasteiger partial charge in [-0.05, 0) is 65.2 Å². The topological polar surface area (TPSA) is 67.9 Å². The fourth-order valence-electron chi connectivity index (χ4n) is 4.82. The molecule has 1 fully saturated rings. The number of nitrogens with zero attached hydrogens (tertiary/aromatic N) is 2. The van der Waals surface area contributed by atoms with Crippen molar-refractivity contribution in [1.29, 1.82) is 0 Å². The molecular formula is C23H20Cl2F3N3O2S. The first-order chi connectivity index (χ1) is 16.0. The van der Waals surface area contributed by atoms with E-state index in [9.17, 15) is 18.0 Å². The van der Waals surface area contributed by atoms with Crippen LogP contribution in [0.4, 0.5) is 18.0 Å². The SMILES string of the molecule is NC(=O)N1CC2(C1)OCc1cc(CCC3=NSC(c4cc(Cl)cc(Cl)c4)(C(F)(F)F)C3)ccc12. The maximum absolute atomic E-state index is 14.2. The number of likely N-dealkylation sites (tertiary alicyclic amines) is 1. The zero-order valence-electron chi connectivity index (χ0n) is 17.8. The van der Waals surface area contributed by atoms with E-state index in [1.54, 1.807) is 0 Å². The fraction of sp³-hybridized carbons (Fsp3) is 0.391. The van der Waals surface area contributed by atoms with Gasteiger partial charge in [0.1, 0.15) is 5.60 Å². The molecule has 34 heavy (non-hydrogen) atoms. The minimum Gasteiger partial charge on any atom is -0.362 e. The third-order valence-corrected chi connectivity index (χ3v) is 8.35. The zero-order valence-corrected chi connectivity index (χ0v) is 20.1. The average Bonchev–Trinajstić information content (AvgIpc) is 3.32. The Hall–Kier alpha value is -1.94. The van der Waals surface area contributed by atoms with E-state index in [4.69, 9.17) is 33.7 Å². The van der Waals surface area contributed by atoms with Crippen LogP contribution in [0.2, 0.25) is 10.0 Å². The van der Waals surface area contributed by atoms with Crippen molar-refractivity contribution < 1.29 is 22.7 Å². The highest BCUT2D eigenvalue weighted by Crippen LogP contribution is 2.57. The van der Waals surface area contributed by atoms with Gasteiger partial charge in [0.15, 0.2) is 4.75 Å². The number of ether oxygens (including phenoxy) is 1. The average molecular weight is 530 g/mol. The predicted molar refractivity (Wildman–Crippen MR) is 126 cm³/mol. The second-order valence-electron chi connectivity index (χ2n) is 8.88. The Kier molecular flexibility index (Phi) is 5.82. The van der Waals surface area contributed by atoms with Crippen molar-refractivity contribution in [2.75, 3.05) is 13.1 Å². The minimum atomic E-state index is -4.53. The number of carbonyl (C=O) groups excluding carboxylic acids is 1. The van der Waals surface area contributed by atoms with Gasteiger partial charge in [-0.15, -0.1) is 0 Å². The molecule has 0 bridgehead atoms. The van der Waals surface area contributed by atoms with Crippen LogP contribution in [-0.4, -0.2) is 35.9 Å². The number of aryl methyl sites for hydroxylation is 1. The summed E-state index contributed by atoms with van der Waals surface area (Å²) in [6, 6.07) is 9.52. The third-order valence-electron chi connectivity index (χ3n) is 6.64. The van der Waals surface area contributed by atoms with Gasteiger partial charge in [0.2, 0.25) is 0 Å². The van der Waals surface area contributed by atoms with Gasteiger partial charge in [0.05, 0.1) is 19.7 Å². The van der Waals surface area contributed by atoms with Crippen molar-refractivity contribution in [2.24, 2.45) is 10.1 Å². The molecule has 3 aliphatic heterocycles. The van der Waals surface area contributed by atoms with E-state index < -0.39 is 22.6 Å². The van der Waals surface area contributed by atoms with E-state index in [1.165, 1.54) is 23.1 Å². The van der Waals surface area contributed by atoms with Crippen molar-refractivity contribution in [2.45, 2.75) is 42.4 Å². The van der Waals surface area contributed by atoms with Crippen molar-refractivity contribution in [3.63, 3.8) is 0 Å². The molecule has 0 radical (unpaired) electrons. The maximum Gasteiger partial charge on any atom is 0.409 e. The Morgan fingerprint density at radius 1 is 1.15 bits per heavy atom. The molecule has 1 spiro atoms. The van der Waals surface area contributed by atoms with Gasteiger partial charge in [-0.3, -0.25) is 0 Å². The van der Waals surface area contributed by atoms with Gasteiger partial charge in [0.25, 0.3) is 0 Å². The van der Waals surface area contributed by atoms with E-state index in [1.807, 2.05) is 18.2 Å². The van der Waals surface area contributed by atoms with Crippen LogP contribution in [0.5, 0.6) is 0 Å². The quantitative estimate of drug-likeness (QED) is 0.494. The van der Waals surface area contributed by atoms with Gasteiger partial charge >= 0.3 is 12.2 Å². The summed E-state index contributed by atoms with van der Waals surface area (Å²) in [5, 5.41) is 0.312. The summed E-state index contributed by atoms with van der Waals surface area (Å²) in [6.45, 7) is 1.28. The molecule has 5 rings (SSSR count). The van der Waals surface area contributed by atoms with E-state index in [0.717, 1.165) is 16.7 Å². The number of hydrogen-bond acceptors (Lipinski definition) is 4. The Bertz CT molecular complexity index is 1180. The number of alkyl halides is 3. The number of amides is 2. The van der Waals surface area contributed by atoms with Crippen molar-refractivity contribution in [3.05, 3.63) is 68.7 Å². The van der Waals surface area contributed by atoms with Crippen molar-refractivity contribution in [1.82, 2.24) is 4.90 Å². The normalized spacial score (nSPS) is 23.1. The first-order valence-corrected chi connectivity index (χ1v) is 12.1. The molecule has 1 unspecified atom stereocenters. The number of nitrogens with two attached hydrogens (primary N) is 1. The molecule has 2 amide bonds. The summed E-state index contributed by atoms with van der Waals surface area (Å²) in [5.41, 5.74) is 8.38. The van der Waals surface area contributed by atoms with E-state index in [-0.39, 0.29) is 22.0 Å². The number of halogens is 5. The van der Waals surface area contributed by atoms with Gasteiger partial charge < -0.3 is 15.4 Å². The lowest BCUT2D eigenvalue weighted by molar-refractivity contribution is -0.159. The molecule has 0 saturated carbocycles. The summed E-state index contributed by atoms with van der Waals surface area (Å²) in [7, 11) is 0. The van der Waals surface area contributed by atoms with Gasteiger partial charge in [-0.2, -0.15) is 13.2 Å². The van der Waals surface area contributed by atoms with Gasteiger partial charge in [-0.25, -0.2) is 9.19 Å². The third kappa shape index (κ3) is 3.96. The van der Waals surface area contributed by atoms with Crippen LogP contribution < -0.4 is 5.73 Å². The second-order valence-corrected chi connectivity index (χ2v) is 10.8. The molecule has 2 aromatic rings. The molecule has 180 valence electrons. The number of fused-ring (bicyclic) bond motifs is 2. The van der Waals surface area contributed by atoms with Crippen LogP contribution in [0.3, 0.4) is 0 Å². The van der Waals surface area contributed by atoms with Gasteiger partial charge in [-0.1, -0.05) is 41.4 Å². The standard InChI is InChI=1S/C23H20Cl2F3N3O2S/c24-16-6-15(7-17(25)8-16)22(23(26,27)28)9-18(30-34-22)3-1-13-2-4-19-14(5-13)10-33-21(19)11-31(12-21)20(29)32/h2,4-8H,1,3,9-12H2,(H2,29,32). The maximum atomic E-state index is 14.2. The van der Waals surface area contributed by atoms with Crippen LogP contribution >= 0.6 is 35.1 Å². The Morgan fingerprint density at radius 2 is 1.85 bits per heavy atom. The largest absolute Gasteiger partial charge is 0.409 e. The summed E-state index contributed by atoms with van der Waals surface area (Å²) in [5.74, 6) is 0. The summed E-state index contributed by atoms with van der Waals surface area (Å²) in [6.07, 6.45) is -3.83. The van der Waals surface area contributed by atoms with E-state index in [0.29, 0.717) is 50.2 Å². The Balaban J connectivity index is 1.28. The molecule has 2 N–H and O–H groups in total. The molecule has 0 aromatic heterocycles. The molecule has 1 atom stereocenters. The first kappa shape index (κ1) is 23.8. The highest BCUT2D eigenvalue weighted by Gasteiger charge is 2.60. The second kappa shape index (κ2) is 8.33. The number of benzene rings is 2. The molecule has 2 aromatic carbocycles. The first-order valence-electron chi connectivity index (χ1n) is 10.6. The van der Waals surface area contributed by atoms with Crippen LogP contribution in [-0.2, 0) is 28.1 Å². The lowest BCUT2D eigenvalue weighted by Crippen LogP contribution is -2.62. The van der Waals surface area contributed by atoms with Crippen molar-refractivity contribution in [3.8, 4) is 0 Å². The smallest absolute Gasteiger partial charge is 0.362 e. The number of urea groups is 1. The lowest BCUT2D eigenvalue weighted by Gasteiger charge is -2.46. The van der Waals surface area contributed by atoms with E-state index >= 15 is 0 Å². The van der Waals surface area contributed by atoms with E-state index in [2.05, 4.69) is 4.40 Å². The summed E-state index contributed by atoms with van der Waals surface area (Å²) in [4.78, 5) is 12.9. The predicted octanol–water partition coefficient (Wildman–Crippen LogP) is 6.00. The Labute approximate surface area is 208 Å². The number of hydrogen-bond donors (Lipinski definition) is 1. The number of carbonyl (C=O) groups is 1. The van der Waals surface area contributed by atoms with Crippen LogP contribution in [0.25, 0.3) is 0 Å². The van der Waals surface area contributed by atoms with Gasteiger partial charge in [0, 0.05) is 22.2 Å². The molecule has 11 heteroatoms. The summed E-state index contributed by atoms with van der Waals surface area (Å²) >= 11 is 12.5. The van der Waals surface area contributed by atoms with Crippen LogP contribution in [0.15, 0.2) is 40.8 Å². The molecule has 0 aliphatic carbocycles. The number of rotatable bonds is 4. The fourth-order valence-corrected chi connectivity index (χ4v) is 6.35. The van der Waals surface area contributed by atoms with Crippen LogP contribution in [0, 0.1) is 0 Å². The Morgan fingerprint density at radius 3 is 2.50 bits per heavy atom. The molecule has 3 aliphatic rings. The molecular weight excluding hydrogens is 510 g/mol. The summed E-state index contributed by atoms with van der Waals surface area (Å²) < 4.78 is 50.6. The highest BCUT2D eigenvalue weighted by atomic mass is 35.5. The molecule has 3 heterocycles.